The van der Waals surface area contributed by atoms with E-state index in [0.29, 0.717) is 13.1 Å². The Kier molecular flexibility index (Phi) is 13.6. The van der Waals surface area contributed by atoms with E-state index in [0.717, 1.165) is 37.1 Å². The summed E-state index contributed by atoms with van der Waals surface area (Å²) in [5, 5.41) is 19.8. The smallest absolute Gasteiger partial charge is 0.0874 e. The molecule has 0 amide bonds. The van der Waals surface area contributed by atoms with Crippen molar-refractivity contribution in [2.75, 3.05) is 25.4 Å². The Morgan fingerprint density at radius 3 is 2.33 bits per heavy atom. The average Bonchev–Trinajstić information content (AvgIpc) is 2.43. The van der Waals surface area contributed by atoms with Crippen LogP contribution in [0.25, 0.3) is 0 Å². The lowest BCUT2D eigenvalue weighted by Crippen LogP contribution is -2.38. The lowest BCUT2D eigenvalue weighted by atomic mass is 10.0. The Labute approximate surface area is 136 Å². The van der Waals surface area contributed by atoms with E-state index in [2.05, 4.69) is 31.0 Å². The van der Waals surface area contributed by atoms with Gasteiger partial charge in [0.25, 0.3) is 0 Å². The second-order valence-electron chi connectivity index (χ2n) is 6.02. The summed E-state index contributed by atoms with van der Waals surface area (Å²) in [5.41, 5.74) is 0.924. The number of thiol groups is 1. The molecule has 0 saturated carbocycles. The molecule has 2 atom stereocenters. The number of aliphatic hydroxyl groups is 2. The van der Waals surface area contributed by atoms with E-state index >= 15 is 0 Å². The molecule has 0 bridgehead atoms. The predicted octanol–water partition coefficient (Wildman–Crippen LogP) is 3.27. The first-order chi connectivity index (χ1) is 10.0. The van der Waals surface area contributed by atoms with Crippen molar-refractivity contribution in [3.63, 3.8) is 0 Å². The number of hydrogen-bond acceptors (Lipinski definition) is 4. The van der Waals surface area contributed by atoms with Crippen molar-refractivity contribution in [1.29, 1.82) is 0 Å². The quantitative estimate of drug-likeness (QED) is 0.262. The first kappa shape index (κ1) is 21.0. The summed E-state index contributed by atoms with van der Waals surface area (Å²) in [6.07, 6.45) is 7.15. The molecule has 2 unspecified atom stereocenters. The Bertz CT molecular complexity index is 259. The molecule has 0 fully saturated rings. The number of nitrogens with zero attached hydrogens (tertiary/aromatic N) is 1. The summed E-state index contributed by atoms with van der Waals surface area (Å²) in [4.78, 5) is 2.10. The minimum Gasteiger partial charge on any atom is -0.392 e. The van der Waals surface area contributed by atoms with E-state index in [1.807, 2.05) is 0 Å². The van der Waals surface area contributed by atoms with Gasteiger partial charge >= 0.3 is 0 Å². The van der Waals surface area contributed by atoms with Gasteiger partial charge in [-0.05, 0) is 44.1 Å². The molecule has 0 aromatic rings. The van der Waals surface area contributed by atoms with Crippen molar-refractivity contribution in [2.45, 2.75) is 71.0 Å². The first-order valence-electron chi connectivity index (χ1n) is 8.38. The van der Waals surface area contributed by atoms with Crippen LogP contribution in [-0.2, 0) is 0 Å². The van der Waals surface area contributed by atoms with Gasteiger partial charge in [-0.25, -0.2) is 0 Å². The molecule has 3 nitrogen and oxygen atoms in total. The molecule has 21 heavy (non-hydrogen) atoms. The molecular weight excluding hydrogens is 282 g/mol. The van der Waals surface area contributed by atoms with Crippen LogP contribution in [0.4, 0.5) is 0 Å². The van der Waals surface area contributed by atoms with Crippen molar-refractivity contribution >= 4 is 12.6 Å². The van der Waals surface area contributed by atoms with Crippen LogP contribution < -0.4 is 0 Å². The van der Waals surface area contributed by atoms with Crippen molar-refractivity contribution in [1.82, 2.24) is 4.90 Å². The zero-order valence-electron chi connectivity index (χ0n) is 13.9. The van der Waals surface area contributed by atoms with Gasteiger partial charge < -0.3 is 10.2 Å². The number of rotatable bonds is 14. The maximum Gasteiger partial charge on any atom is 0.0874 e. The molecule has 0 rings (SSSR count). The van der Waals surface area contributed by atoms with Crippen molar-refractivity contribution in [2.24, 2.45) is 0 Å². The SMILES string of the molecule is C=C(CCCCCCC)C(O)CN(CCCS)CC(C)O. The van der Waals surface area contributed by atoms with Gasteiger partial charge in [0, 0.05) is 13.1 Å². The number of aliphatic hydroxyl groups excluding tert-OH is 2. The third-order valence-electron chi connectivity index (χ3n) is 3.66. The van der Waals surface area contributed by atoms with Crippen molar-refractivity contribution in [3.05, 3.63) is 12.2 Å². The number of unbranched alkanes of at least 4 members (excludes halogenated alkanes) is 4. The molecule has 0 heterocycles. The highest BCUT2D eigenvalue weighted by atomic mass is 32.1. The average molecular weight is 318 g/mol. The summed E-state index contributed by atoms with van der Waals surface area (Å²) < 4.78 is 0. The zero-order valence-corrected chi connectivity index (χ0v) is 14.8. The van der Waals surface area contributed by atoms with Gasteiger partial charge in [0.15, 0.2) is 0 Å². The van der Waals surface area contributed by atoms with Crippen LogP contribution in [0.2, 0.25) is 0 Å². The highest BCUT2D eigenvalue weighted by Gasteiger charge is 2.15. The summed E-state index contributed by atoms with van der Waals surface area (Å²) >= 11 is 4.22. The predicted molar refractivity (Wildman–Crippen MR) is 95.1 cm³/mol. The fourth-order valence-corrected chi connectivity index (χ4v) is 2.56. The van der Waals surface area contributed by atoms with Crippen LogP contribution >= 0.6 is 12.6 Å². The van der Waals surface area contributed by atoms with Crippen LogP contribution in [0, 0.1) is 0 Å². The normalized spacial score (nSPS) is 14.4. The molecule has 0 aliphatic rings. The Morgan fingerprint density at radius 2 is 1.76 bits per heavy atom. The van der Waals surface area contributed by atoms with Crippen LogP contribution in [-0.4, -0.2) is 52.7 Å². The van der Waals surface area contributed by atoms with Crippen LogP contribution in [0.3, 0.4) is 0 Å². The fraction of sp³-hybridized carbons (Fsp3) is 0.882. The highest BCUT2D eigenvalue weighted by Crippen LogP contribution is 2.14. The highest BCUT2D eigenvalue weighted by molar-refractivity contribution is 7.80. The van der Waals surface area contributed by atoms with Gasteiger partial charge in [-0.3, -0.25) is 4.90 Å². The third kappa shape index (κ3) is 12.2. The molecule has 0 aliphatic carbocycles. The lowest BCUT2D eigenvalue weighted by molar-refractivity contribution is 0.0886. The van der Waals surface area contributed by atoms with E-state index in [4.69, 9.17) is 0 Å². The largest absolute Gasteiger partial charge is 0.392 e. The maximum absolute atomic E-state index is 10.3. The first-order valence-corrected chi connectivity index (χ1v) is 9.01. The minimum absolute atomic E-state index is 0.376. The molecular formula is C17H35NO2S. The molecule has 4 heteroatoms. The van der Waals surface area contributed by atoms with Crippen LogP contribution in [0.5, 0.6) is 0 Å². The topological polar surface area (TPSA) is 43.7 Å². The molecule has 2 N–H and O–H groups in total. The molecule has 0 spiro atoms. The van der Waals surface area contributed by atoms with Gasteiger partial charge in [0.2, 0.25) is 0 Å². The van der Waals surface area contributed by atoms with Gasteiger partial charge in [-0.15, -0.1) is 0 Å². The van der Waals surface area contributed by atoms with E-state index in [1.165, 1.54) is 25.7 Å². The van der Waals surface area contributed by atoms with Gasteiger partial charge in [-0.1, -0.05) is 39.2 Å². The van der Waals surface area contributed by atoms with Gasteiger partial charge in [0.05, 0.1) is 12.2 Å². The lowest BCUT2D eigenvalue weighted by Gasteiger charge is -2.27. The molecule has 0 aliphatic heterocycles. The monoisotopic (exact) mass is 317 g/mol. The molecule has 0 saturated heterocycles. The van der Waals surface area contributed by atoms with E-state index in [-0.39, 0.29) is 6.10 Å². The summed E-state index contributed by atoms with van der Waals surface area (Å²) in [7, 11) is 0. The fourth-order valence-electron chi connectivity index (χ4n) is 2.42. The third-order valence-corrected chi connectivity index (χ3v) is 3.97. The van der Waals surface area contributed by atoms with Crippen molar-refractivity contribution in [3.8, 4) is 0 Å². The second-order valence-corrected chi connectivity index (χ2v) is 6.47. The Hall–Kier alpha value is -0.0300. The minimum atomic E-state index is -0.491. The standard InChI is InChI=1S/C17H35NO2S/c1-4-5-6-7-8-10-15(2)17(20)14-18(11-9-12-21)13-16(3)19/h16-17,19-21H,2,4-14H2,1,3H3. The van der Waals surface area contributed by atoms with Crippen molar-refractivity contribution < 1.29 is 10.2 Å². The molecule has 0 aromatic heterocycles. The zero-order chi connectivity index (χ0) is 16.1. The second kappa shape index (κ2) is 13.6. The molecule has 126 valence electrons. The van der Waals surface area contributed by atoms with E-state index in [9.17, 15) is 10.2 Å². The number of hydrogen-bond donors (Lipinski definition) is 3. The summed E-state index contributed by atoms with van der Waals surface area (Å²) in [5.74, 6) is 0.824. The Morgan fingerprint density at radius 1 is 1.10 bits per heavy atom. The Balaban J connectivity index is 4.02. The summed E-state index contributed by atoms with van der Waals surface area (Å²) in [6, 6.07) is 0. The van der Waals surface area contributed by atoms with Crippen LogP contribution in [0.1, 0.15) is 58.8 Å². The van der Waals surface area contributed by atoms with Gasteiger partial charge in [0.1, 0.15) is 0 Å². The maximum atomic E-state index is 10.3. The van der Waals surface area contributed by atoms with Gasteiger partial charge in [-0.2, -0.15) is 12.6 Å². The summed E-state index contributed by atoms with van der Waals surface area (Å²) in [6.45, 7) is 10.0. The molecule has 0 aromatic carbocycles. The molecule has 0 radical (unpaired) electrons. The van der Waals surface area contributed by atoms with Crippen LogP contribution in [0.15, 0.2) is 12.2 Å². The van der Waals surface area contributed by atoms with E-state index in [1.54, 1.807) is 6.92 Å². The van der Waals surface area contributed by atoms with E-state index < -0.39 is 6.10 Å².